The van der Waals surface area contributed by atoms with Gasteiger partial charge in [-0.3, -0.25) is 23.6 Å². The summed E-state index contributed by atoms with van der Waals surface area (Å²) >= 11 is 0. The minimum absolute atomic E-state index is 0.00123. The Hall–Kier alpha value is -3.00. The smallest absolute Gasteiger partial charge is 0.261 e. The van der Waals surface area contributed by atoms with Gasteiger partial charge in [-0.2, -0.15) is 0 Å². The number of rotatable bonds is 5. The molecule has 8 heteroatoms. The van der Waals surface area contributed by atoms with Crippen LogP contribution in [0.1, 0.15) is 25.6 Å². The summed E-state index contributed by atoms with van der Waals surface area (Å²) in [5, 5.41) is 0.658. The molecular formula is C22H28N6O2. The molecular weight excluding hydrogens is 380 g/mol. The second-order valence-electron chi connectivity index (χ2n) is 8.14. The normalized spacial score (nSPS) is 15.3. The summed E-state index contributed by atoms with van der Waals surface area (Å²) in [6.07, 6.45) is 3.27. The largest absolute Gasteiger partial charge is 0.369 e. The topological polar surface area (TPSA) is 76.3 Å². The lowest BCUT2D eigenvalue weighted by Crippen LogP contribution is -2.47. The van der Waals surface area contributed by atoms with Crippen LogP contribution in [0.5, 0.6) is 0 Å². The van der Waals surface area contributed by atoms with Gasteiger partial charge in [0.05, 0.1) is 23.6 Å². The lowest BCUT2D eigenvalue weighted by molar-refractivity contribution is 0.247. The predicted molar refractivity (Wildman–Crippen MR) is 118 cm³/mol. The summed E-state index contributed by atoms with van der Waals surface area (Å²) in [5.74, 6) is 0. The third kappa shape index (κ3) is 4.14. The molecule has 4 rings (SSSR count). The van der Waals surface area contributed by atoms with E-state index in [-0.39, 0.29) is 17.2 Å². The highest BCUT2D eigenvalue weighted by molar-refractivity contribution is 5.81. The average Bonchev–Trinajstić information content (AvgIpc) is 2.73. The van der Waals surface area contributed by atoms with Crippen molar-refractivity contribution in [2.45, 2.75) is 33.4 Å². The van der Waals surface area contributed by atoms with E-state index in [1.54, 1.807) is 27.9 Å². The zero-order chi connectivity index (χ0) is 21.3. The van der Waals surface area contributed by atoms with Crippen molar-refractivity contribution < 1.29 is 0 Å². The summed E-state index contributed by atoms with van der Waals surface area (Å²) in [7, 11) is 0. The van der Waals surface area contributed by atoms with E-state index < -0.39 is 0 Å². The van der Waals surface area contributed by atoms with E-state index in [0.29, 0.717) is 11.9 Å². The number of anilines is 1. The number of benzene rings is 1. The van der Waals surface area contributed by atoms with E-state index in [2.05, 4.69) is 19.8 Å². The molecule has 2 aromatic heterocycles. The van der Waals surface area contributed by atoms with E-state index in [1.165, 1.54) is 0 Å². The van der Waals surface area contributed by atoms with Crippen molar-refractivity contribution in [1.29, 1.82) is 0 Å². The van der Waals surface area contributed by atoms with Crippen LogP contribution < -0.4 is 16.0 Å². The van der Waals surface area contributed by atoms with E-state index >= 15 is 0 Å². The van der Waals surface area contributed by atoms with Crippen LogP contribution in [0.15, 0.2) is 46.5 Å². The Balaban J connectivity index is 1.40. The third-order valence-corrected chi connectivity index (χ3v) is 5.73. The van der Waals surface area contributed by atoms with Gasteiger partial charge in [-0.25, -0.2) is 9.97 Å². The standard InChI is InChI=1S/C22H28N6O2/c1-16(2)28-15-24-20-13-18(4-5-19(20)22(28)30)26-9-6-25(7-10-26)8-11-27-14-23-17(3)12-21(27)29/h4-5,12-16H,6-11H2,1-3H3. The Morgan fingerprint density at radius 2 is 1.73 bits per heavy atom. The molecule has 0 atom stereocenters. The van der Waals surface area contributed by atoms with Crippen molar-refractivity contribution in [3.63, 3.8) is 0 Å². The molecule has 0 amide bonds. The van der Waals surface area contributed by atoms with Crippen molar-refractivity contribution >= 4 is 16.6 Å². The minimum atomic E-state index is 0.00123. The minimum Gasteiger partial charge on any atom is -0.369 e. The fourth-order valence-electron chi connectivity index (χ4n) is 3.85. The Bertz CT molecular complexity index is 1160. The number of hydrogen-bond acceptors (Lipinski definition) is 6. The summed E-state index contributed by atoms with van der Waals surface area (Å²) in [6.45, 7) is 10.9. The molecule has 1 aromatic carbocycles. The molecule has 0 radical (unpaired) electrons. The molecule has 3 heterocycles. The maximum absolute atomic E-state index is 12.6. The molecule has 0 bridgehead atoms. The second-order valence-corrected chi connectivity index (χ2v) is 8.14. The first-order chi connectivity index (χ1) is 14.4. The second kappa shape index (κ2) is 8.39. The Labute approximate surface area is 175 Å². The SMILES string of the molecule is Cc1cc(=O)n(CCN2CCN(c3ccc4c(=O)n(C(C)C)cnc4c3)CC2)cn1. The van der Waals surface area contributed by atoms with E-state index in [9.17, 15) is 9.59 Å². The first kappa shape index (κ1) is 20.3. The molecule has 1 aliphatic rings. The van der Waals surface area contributed by atoms with Gasteiger partial charge in [0.1, 0.15) is 0 Å². The van der Waals surface area contributed by atoms with E-state index in [4.69, 9.17) is 0 Å². The van der Waals surface area contributed by atoms with E-state index in [0.717, 1.165) is 49.6 Å². The van der Waals surface area contributed by atoms with Crippen LogP contribution in [-0.4, -0.2) is 56.7 Å². The summed E-state index contributed by atoms with van der Waals surface area (Å²) < 4.78 is 3.33. The van der Waals surface area contributed by atoms with Gasteiger partial charge in [0, 0.05) is 62.8 Å². The highest BCUT2D eigenvalue weighted by Crippen LogP contribution is 2.20. The van der Waals surface area contributed by atoms with Crippen LogP contribution in [0.4, 0.5) is 5.69 Å². The molecule has 0 aliphatic carbocycles. The highest BCUT2D eigenvalue weighted by Gasteiger charge is 2.18. The molecule has 0 saturated carbocycles. The lowest BCUT2D eigenvalue weighted by atomic mass is 10.2. The maximum atomic E-state index is 12.6. The monoisotopic (exact) mass is 408 g/mol. The fourth-order valence-corrected chi connectivity index (χ4v) is 3.85. The zero-order valence-electron chi connectivity index (χ0n) is 17.8. The zero-order valence-corrected chi connectivity index (χ0v) is 17.8. The number of aryl methyl sites for hydroxylation is 1. The number of hydrogen-bond donors (Lipinski definition) is 0. The van der Waals surface area contributed by atoms with Gasteiger partial charge < -0.3 is 4.90 Å². The molecule has 1 aliphatic heterocycles. The van der Waals surface area contributed by atoms with Crippen LogP contribution in [0, 0.1) is 6.92 Å². The van der Waals surface area contributed by atoms with E-state index in [1.807, 2.05) is 39.0 Å². The third-order valence-electron chi connectivity index (χ3n) is 5.73. The van der Waals surface area contributed by atoms with Gasteiger partial charge in [-0.15, -0.1) is 0 Å². The van der Waals surface area contributed by atoms with Crippen LogP contribution in [-0.2, 0) is 6.54 Å². The highest BCUT2D eigenvalue weighted by atomic mass is 16.1. The van der Waals surface area contributed by atoms with Crippen LogP contribution in [0.25, 0.3) is 10.9 Å². The molecule has 8 nitrogen and oxygen atoms in total. The average molecular weight is 409 g/mol. The van der Waals surface area contributed by atoms with Crippen molar-refractivity contribution in [2.75, 3.05) is 37.6 Å². The summed E-state index contributed by atoms with van der Waals surface area (Å²) in [5.41, 5.74) is 2.59. The Morgan fingerprint density at radius 3 is 2.43 bits per heavy atom. The lowest BCUT2D eigenvalue weighted by Gasteiger charge is -2.36. The number of fused-ring (bicyclic) bond motifs is 1. The number of nitrogens with zero attached hydrogens (tertiary/aromatic N) is 6. The van der Waals surface area contributed by atoms with Gasteiger partial charge >= 0.3 is 0 Å². The first-order valence-corrected chi connectivity index (χ1v) is 10.4. The van der Waals surface area contributed by atoms with Gasteiger partial charge in [0.15, 0.2) is 0 Å². The fraction of sp³-hybridized carbons (Fsp3) is 0.455. The molecule has 158 valence electrons. The van der Waals surface area contributed by atoms with Gasteiger partial charge in [-0.1, -0.05) is 0 Å². The summed E-state index contributed by atoms with van der Waals surface area (Å²) in [6, 6.07) is 7.58. The van der Waals surface area contributed by atoms with Crippen molar-refractivity contribution in [3.05, 3.63) is 63.3 Å². The van der Waals surface area contributed by atoms with Crippen molar-refractivity contribution in [1.82, 2.24) is 24.0 Å². The molecule has 1 fully saturated rings. The predicted octanol–water partition coefficient (Wildman–Crippen LogP) is 1.66. The number of aromatic nitrogens is 4. The van der Waals surface area contributed by atoms with Crippen LogP contribution in [0.3, 0.4) is 0 Å². The van der Waals surface area contributed by atoms with Gasteiger partial charge in [-0.05, 0) is 39.0 Å². The van der Waals surface area contributed by atoms with Gasteiger partial charge in [0.25, 0.3) is 11.1 Å². The molecule has 3 aromatic rings. The maximum Gasteiger partial charge on any atom is 0.261 e. The quantitative estimate of drug-likeness (QED) is 0.639. The summed E-state index contributed by atoms with van der Waals surface area (Å²) in [4.78, 5) is 38.0. The molecule has 0 N–H and O–H groups in total. The first-order valence-electron chi connectivity index (χ1n) is 10.4. The Kier molecular flexibility index (Phi) is 5.67. The molecule has 0 spiro atoms. The van der Waals surface area contributed by atoms with Crippen molar-refractivity contribution in [3.8, 4) is 0 Å². The van der Waals surface area contributed by atoms with Crippen molar-refractivity contribution in [2.24, 2.45) is 0 Å². The molecule has 30 heavy (non-hydrogen) atoms. The van der Waals surface area contributed by atoms with Gasteiger partial charge in [0.2, 0.25) is 0 Å². The molecule has 1 saturated heterocycles. The Morgan fingerprint density at radius 1 is 0.967 bits per heavy atom. The number of piperazine rings is 1. The molecule has 0 unspecified atom stereocenters. The van der Waals surface area contributed by atoms with Crippen LogP contribution in [0.2, 0.25) is 0 Å². The van der Waals surface area contributed by atoms with Crippen LogP contribution >= 0.6 is 0 Å².